The Bertz CT molecular complexity index is 1010. The number of nitrogens with zero attached hydrogens (tertiary/aromatic N) is 2. The van der Waals surface area contributed by atoms with E-state index >= 15 is 0 Å². The highest BCUT2D eigenvalue weighted by Crippen LogP contribution is 2.41. The number of hydrogen-bond donors (Lipinski definition) is 2. The van der Waals surface area contributed by atoms with Gasteiger partial charge in [0, 0.05) is 48.1 Å². The van der Waals surface area contributed by atoms with Gasteiger partial charge in [0.15, 0.2) is 0 Å². The molecule has 26 heavy (non-hydrogen) atoms. The number of nitrogens with one attached hydrogen (secondary N) is 2. The van der Waals surface area contributed by atoms with Gasteiger partial charge in [0.25, 0.3) is 0 Å². The van der Waals surface area contributed by atoms with Gasteiger partial charge >= 0.3 is 0 Å². The van der Waals surface area contributed by atoms with Crippen molar-refractivity contribution in [3.05, 3.63) is 50.1 Å². The van der Waals surface area contributed by atoms with Crippen LogP contribution in [-0.2, 0) is 17.8 Å². The number of aromatic amines is 1. The lowest BCUT2D eigenvalue weighted by Gasteiger charge is -2.26. The number of piperazine rings is 1. The standard InChI is InChI=1S/C19H17BrN4OS/c20-16-7-13(10-26-16)18-15-6-12-2-1-11(5-14(12)19(15)23-22-18)8-24-4-3-21-17(25)9-24/h1-2,5,7,10H,3-4,6,8-9H2,(H,21,25)(H,22,23). The number of benzene rings is 1. The second-order valence-electron chi connectivity index (χ2n) is 6.79. The van der Waals surface area contributed by atoms with Crippen molar-refractivity contribution in [2.45, 2.75) is 13.0 Å². The highest BCUT2D eigenvalue weighted by Gasteiger charge is 2.26. The van der Waals surface area contributed by atoms with Crippen LogP contribution in [0.25, 0.3) is 22.5 Å². The highest BCUT2D eigenvalue weighted by molar-refractivity contribution is 9.11. The summed E-state index contributed by atoms with van der Waals surface area (Å²) >= 11 is 5.21. The number of hydrogen-bond acceptors (Lipinski definition) is 4. The van der Waals surface area contributed by atoms with Crippen molar-refractivity contribution in [3.63, 3.8) is 0 Å². The van der Waals surface area contributed by atoms with Crippen LogP contribution in [0.15, 0.2) is 33.4 Å². The molecule has 1 fully saturated rings. The molecule has 1 aliphatic carbocycles. The molecule has 5 rings (SSSR count). The number of carbonyl (C=O) groups excluding carboxylic acids is 1. The predicted molar refractivity (Wildman–Crippen MR) is 106 cm³/mol. The first kappa shape index (κ1) is 16.2. The van der Waals surface area contributed by atoms with Gasteiger partial charge in [-0.05, 0) is 39.2 Å². The molecule has 0 unspecified atom stereocenters. The molecule has 0 saturated carbocycles. The molecule has 2 aromatic heterocycles. The topological polar surface area (TPSA) is 61.0 Å². The number of thiophene rings is 1. The molecule has 5 nitrogen and oxygen atoms in total. The molecular weight excluding hydrogens is 412 g/mol. The Morgan fingerprint density at radius 1 is 1.31 bits per heavy atom. The molecule has 0 radical (unpaired) electrons. The SMILES string of the molecule is O=C1CN(Cc2ccc3c(c2)-c2[nH]nc(-c4csc(Br)c4)c2C3)CCN1. The Morgan fingerprint density at radius 2 is 2.23 bits per heavy atom. The van der Waals surface area contributed by atoms with E-state index in [2.05, 4.69) is 66.0 Å². The average Bonchev–Trinajstić information content (AvgIpc) is 3.30. The van der Waals surface area contributed by atoms with Gasteiger partial charge in [0.1, 0.15) is 0 Å². The molecule has 1 saturated heterocycles. The van der Waals surface area contributed by atoms with Gasteiger partial charge in [-0.3, -0.25) is 14.8 Å². The second kappa shape index (κ2) is 6.33. The van der Waals surface area contributed by atoms with Crippen molar-refractivity contribution < 1.29 is 4.79 Å². The first-order chi connectivity index (χ1) is 12.7. The minimum absolute atomic E-state index is 0.111. The Labute approximate surface area is 163 Å². The van der Waals surface area contributed by atoms with Crippen LogP contribution in [0.2, 0.25) is 0 Å². The lowest BCUT2D eigenvalue weighted by Crippen LogP contribution is -2.47. The largest absolute Gasteiger partial charge is 0.354 e. The molecule has 1 aliphatic heterocycles. The molecule has 2 aliphatic rings. The molecule has 7 heteroatoms. The lowest BCUT2D eigenvalue weighted by molar-refractivity contribution is -0.124. The molecular formula is C19H17BrN4OS. The van der Waals surface area contributed by atoms with Crippen LogP contribution in [0.4, 0.5) is 0 Å². The molecule has 3 heterocycles. The monoisotopic (exact) mass is 428 g/mol. The maximum Gasteiger partial charge on any atom is 0.234 e. The molecule has 3 aromatic rings. The molecule has 0 atom stereocenters. The predicted octanol–water partition coefficient (Wildman–Crippen LogP) is 3.40. The van der Waals surface area contributed by atoms with Gasteiger partial charge in [0.2, 0.25) is 5.91 Å². The zero-order valence-electron chi connectivity index (χ0n) is 14.0. The van der Waals surface area contributed by atoms with E-state index in [4.69, 9.17) is 0 Å². The minimum atomic E-state index is 0.111. The number of aromatic nitrogens is 2. The molecule has 1 amide bonds. The van der Waals surface area contributed by atoms with Crippen molar-refractivity contribution in [3.8, 4) is 22.5 Å². The fourth-order valence-electron chi connectivity index (χ4n) is 3.82. The van der Waals surface area contributed by atoms with E-state index in [1.54, 1.807) is 11.3 Å². The van der Waals surface area contributed by atoms with E-state index in [9.17, 15) is 4.79 Å². The summed E-state index contributed by atoms with van der Waals surface area (Å²) < 4.78 is 1.12. The number of amides is 1. The summed E-state index contributed by atoms with van der Waals surface area (Å²) in [6, 6.07) is 8.78. The van der Waals surface area contributed by atoms with Crippen LogP contribution in [0, 0.1) is 0 Å². The van der Waals surface area contributed by atoms with Crippen LogP contribution < -0.4 is 5.32 Å². The van der Waals surface area contributed by atoms with Crippen LogP contribution in [0.3, 0.4) is 0 Å². The zero-order valence-corrected chi connectivity index (χ0v) is 16.4. The van der Waals surface area contributed by atoms with E-state index in [0.29, 0.717) is 6.54 Å². The molecule has 0 bridgehead atoms. The third-order valence-corrected chi connectivity index (χ3v) is 6.55. The quantitative estimate of drug-likeness (QED) is 0.525. The fourth-order valence-corrected chi connectivity index (χ4v) is 4.96. The smallest absolute Gasteiger partial charge is 0.234 e. The zero-order chi connectivity index (χ0) is 17.7. The summed E-state index contributed by atoms with van der Waals surface area (Å²) in [6.45, 7) is 2.90. The summed E-state index contributed by atoms with van der Waals surface area (Å²) in [6.07, 6.45) is 0.913. The van der Waals surface area contributed by atoms with Crippen LogP contribution in [-0.4, -0.2) is 40.6 Å². The van der Waals surface area contributed by atoms with Gasteiger partial charge in [-0.15, -0.1) is 11.3 Å². The maximum atomic E-state index is 11.6. The highest BCUT2D eigenvalue weighted by atomic mass is 79.9. The maximum absolute atomic E-state index is 11.6. The van der Waals surface area contributed by atoms with Crippen LogP contribution in [0.1, 0.15) is 16.7 Å². The fraction of sp³-hybridized carbons (Fsp3) is 0.263. The second-order valence-corrected chi connectivity index (χ2v) is 9.08. The number of halogens is 1. The Morgan fingerprint density at radius 3 is 3.04 bits per heavy atom. The van der Waals surface area contributed by atoms with E-state index in [0.717, 1.165) is 46.8 Å². The van der Waals surface area contributed by atoms with Gasteiger partial charge in [-0.25, -0.2) is 0 Å². The summed E-state index contributed by atoms with van der Waals surface area (Å²) in [5.74, 6) is 0.111. The van der Waals surface area contributed by atoms with E-state index in [1.807, 2.05) is 0 Å². The summed E-state index contributed by atoms with van der Waals surface area (Å²) in [7, 11) is 0. The first-order valence-electron chi connectivity index (χ1n) is 8.60. The van der Waals surface area contributed by atoms with Crippen molar-refractivity contribution in [1.29, 1.82) is 0 Å². The first-order valence-corrected chi connectivity index (χ1v) is 10.3. The average molecular weight is 429 g/mol. The third-order valence-electron chi connectivity index (χ3n) is 5.04. The number of H-pyrrole nitrogens is 1. The van der Waals surface area contributed by atoms with Crippen molar-refractivity contribution in [1.82, 2.24) is 20.4 Å². The van der Waals surface area contributed by atoms with Crippen molar-refractivity contribution >= 4 is 33.2 Å². The Kier molecular flexibility index (Phi) is 3.95. The molecule has 132 valence electrons. The lowest BCUT2D eigenvalue weighted by atomic mass is 10.0. The summed E-state index contributed by atoms with van der Waals surface area (Å²) in [5, 5.41) is 12.8. The van der Waals surface area contributed by atoms with Gasteiger partial charge in [0.05, 0.1) is 21.7 Å². The van der Waals surface area contributed by atoms with Gasteiger partial charge in [-0.2, -0.15) is 5.10 Å². The minimum Gasteiger partial charge on any atom is -0.354 e. The Balaban J connectivity index is 1.44. The van der Waals surface area contributed by atoms with E-state index in [-0.39, 0.29) is 5.91 Å². The van der Waals surface area contributed by atoms with Gasteiger partial charge in [-0.1, -0.05) is 12.1 Å². The number of fused-ring (bicyclic) bond motifs is 3. The van der Waals surface area contributed by atoms with Crippen molar-refractivity contribution in [2.24, 2.45) is 0 Å². The third kappa shape index (κ3) is 2.80. The normalized spacial score (nSPS) is 16.4. The molecule has 0 spiro atoms. The summed E-state index contributed by atoms with van der Waals surface area (Å²) in [4.78, 5) is 13.8. The molecule has 1 aromatic carbocycles. The number of carbonyl (C=O) groups is 1. The van der Waals surface area contributed by atoms with Crippen LogP contribution in [0.5, 0.6) is 0 Å². The number of rotatable bonds is 3. The summed E-state index contributed by atoms with van der Waals surface area (Å²) in [5.41, 5.74) is 8.44. The molecule has 2 N–H and O–H groups in total. The van der Waals surface area contributed by atoms with Crippen LogP contribution >= 0.6 is 27.3 Å². The van der Waals surface area contributed by atoms with Crippen molar-refractivity contribution in [2.75, 3.05) is 19.6 Å². The van der Waals surface area contributed by atoms with Gasteiger partial charge < -0.3 is 5.32 Å². The van der Waals surface area contributed by atoms with E-state index in [1.165, 1.54) is 22.3 Å². The van der Waals surface area contributed by atoms with E-state index < -0.39 is 0 Å². The Hall–Kier alpha value is -1.96.